The number of aryl methyl sites for hydroxylation is 4. The Kier molecular flexibility index (Phi) is 7.07. The van der Waals surface area contributed by atoms with E-state index in [1.807, 2.05) is 46.8 Å². The fraction of sp³-hybridized carbons (Fsp3) is 0.381. The highest BCUT2D eigenvalue weighted by atomic mass is 32.2. The number of aromatic hydroxyl groups is 1. The second kappa shape index (κ2) is 9.10. The zero-order valence-electron chi connectivity index (χ0n) is 17.3. The van der Waals surface area contributed by atoms with Crippen LogP contribution in [0.15, 0.2) is 24.3 Å². The maximum Gasteiger partial charge on any atom is 0.316 e. The summed E-state index contributed by atoms with van der Waals surface area (Å²) in [5, 5.41) is 10.3. The minimum atomic E-state index is -1.86. The Hall–Kier alpha value is -2.54. The van der Waals surface area contributed by atoms with Gasteiger partial charge in [0, 0.05) is 13.1 Å². The van der Waals surface area contributed by atoms with E-state index in [-0.39, 0.29) is 17.2 Å². The summed E-state index contributed by atoms with van der Waals surface area (Å²) >= 11 is -1.86. The van der Waals surface area contributed by atoms with Crippen LogP contribution >= 0.6 is 0 Å². The van der Waals surface area contributed by atoms with Gasteiger partial charge in [0.2, 0.25) is 0 Å². The molecule has 1 unspecified atom stereocenters. The smallest absolute Gasteiger partial charge is 0.316 e. The molecule has 0 heterocycles. The molecule has 1 amide bonds. The number of carbonyl (C=O) groups excluding carboxylic acids is 1. The first kappa shape index (κ1) is 21.8. The van der Waals surface area contributed by atoms with E-state index in [1.54, 1.807) is 17.9 Å². The summed E-state index contributed by atoms with van der Waals surface area (Å²) in [7, 11) is 0. The molecule has 1 atom stereocenters. The van der Waals surface area contributed by atoms with Crippen LogP contribution in [0.5, 0.6) is 11.5 Å². The van der Waals surface area contributed by atoms with Crippen LogP contribution in [0.1, 0.15) is 46.5 Å². The number of phenolic OH excluding ortho intramolecular Hbond substituents is 1. The molecular weight excluding hydrogens is 376 g/mol. The summed E-state index contributed by atoms with van der Waals surface area (Å²) in [6.45, 7) is 12.3. The minimum Gasteiger partial charge on any atom is -0.507 e. The number of nitrogens with zero attached hydrogens (tertiary/aromatic N) is 1. The Bertz CT molecular complexity index is 885. The van der Waals surface area contributed by atoms with Crippen LogP contribution in [0.2, 0.25) is 0 Å². The van der Waals surface area contributed by atoms with Crippen LogP contribution in [0.3, 0.4) is 0 Å². The highest BCUT2D eigenvalue weighted by Gasteiger charge is 2.20. The van der Waals surface area contributed by atoms with E-state index < -0.39 is 11.3 Å². The lowest BCUT2D eigenvalue weighted by atomic mass is 10.1. The van der Waals surface area contributed by atoms with E-state index in [4.69, 9.17) is 4.18 Å². The molecule has 2 aromatic carbocycles. The predicted octanol–water partition coefficient (Wildman–Crippen LogP) is 4.18. The second-order valence-electron chi connectivity index (χ2n) is 6.81. The third-order valence-corrected chi connectivity index (χ3v) is 5.27. The van der Waals surface area contributed by atoms with Crippen molar-refractivity contribution in [2.24, 2.45) is 0 Å². The van der Waals surface area contributed by atoms with E-state index >= 15 is 0 Å². The molecule has 0 saturated heterocycles. The number of carbonyl (C=O) groups is 1. The van der Waals surface area contributed by atoms with Crippen molar-refractivity contribution in [3.63, 3.8) is 0 Å². The third kappa shape index (κ3) is 4.84. The molecule has 28 heavy (non-hydrogen) atoms. The van der Waals surface area contributed by atoms with Crippen LogP contribution in [-0.2, 0) is 11.3 Å². The van der Waals surface area contributed by atoms with Gasteiger partial charge >= 0.3 is 11.3 Å². The van der Waals surface area contributed by atoms with Crippen molar-refractivity contribution in [2.75, 3.05) is 17.8 Å². The number of phenols is 1. The lowest BCUT2D eigenvalue weighted by molar-refractivity contribution is 0.0770. The number of nitrogens with one attached hydrogen (secondary N) is 1. The minimum absolute atomic E-state index is 0.0700. The number of rotatable bonds is 7. The van der Waals surface area contributed by atoms with Gasteiger partial charge in [-0.3, -0.25) is 9.52 Å². The third-order valence-electron chi connectivity index (χ3n) is 4.55. The van der Waals surface area contributed by atoms with Crippen LogP contribution in [0.25, 0.3) is 0 Å². The zero-order valence-corrected chi connectivity index (χ0v) is 18.1. The van der Waals surface area contributed by atoms with Crippen LogP contribution < -0.4 is 8.91 Å². The van der Waals surface area contributed by atoms with Crippen molar-refractivity contribution >= 4 is 22.9 Å². The second-order valence-corrected chi connectivity index (χ2v) is 7.65. The van der Waals surface area contributed by atoms with Gasteiger partial charge in [-0.2, -0.15) is 4.21 Å². The van der Waals surface area contributed by atoms with E-state index in [1.165, 1.54) is 6.07 Å². The number of hydrogen-bond donors (Lipinski definition) is 2. The molecule has 0 spiro atoms. The lowest BCUT2D eigenvalue weighted by Crippen LogP contribution is -2.30. The monoisotopic (exact) mass is 404 g/mol. The molecule has 0 bridgehead atoms. The predicted molar refractivity (Wildman–Crippen MR) is 113 cm³/mol. The van der Waals surface area contributed by atoms with Gasteiger partial charge in [0.15, 0.2) is 0 Å². The van der Waals surface area contributed by atoms with Crippen LogP contribution in [0.4, 0.5) is 5.69 Å². The Morgan fingerprint density at radius 3 is 2.14 bits per heavy atom. The van der Waals surface area contributed by atoms with Gasteiger partial charge < -0.3 is 14.2 Å². The van der Waals surface area contributed by atoms with E-state index in [0.29, 0.717) is 30.1 Å². The van der Waals surface area contributed by atoms with E-state index in [9.17, 15) is 14.1 Å². The summed E-state index contributed by atoms with van der Waals surface area (Å²) in [4.78, 5) is 14.3. The molecule has 0 aliphatic heterocycles. The maximum absolute atomic E-state index is 12.7. The molecule has 0 aromatic heterocycles. The molecule has 152 valence electrons. The van der Waals surface area contributed by atoms with Crippen molar-refractivity contribution < 1.29 is 18.3 Å². The largest absolute Gasteiger partial charge is 0.507 e. The molecular formula is C21H28N2O4S. The molecule has 0 aliphatic rings. The molecule has 2 rings (SSSR count). The maximum atomic E-state index is 12.7. The van der Waals surface area contributed by atoms with Crippen molar-refractivity contribution in [3.05, 3.63) is 52.1 Å². The van der Waals surface area contributed by atoms with Crippen LogP contribution in [0, 0.1) is 27.7 Å². The molecule has 2 N–H and O–H groups in total. The number of anilines is 1. The Morgan fingerprint density at radius 2 is 1.61 bits per heavy atom. The summed E-state index contributed by atoms with van der Waals surface area (Å²) in [6, 6.07) is 7.06. The SMILES string of the molecule is CCN(CC)C(=O)c1cc(NS(=O)Oc2c(C)cc(C)cc2C)cc(C)c1O. The highest BCUT2D eigenvalue weighted by molar-refractivity contribution is 7.82. The number of hydrogen-bond acceptors (Lipinski definition) is 4. The Labute approximate surface area is 169 Å². The Balaban J connectivity index is 2.27. The van der Waals surface area contributed by atoms with Gasteiger partial charge in [-0.05, 0) is 70.4 Å². The van der Waals surface area contributed by atoms with Crippen LogP contribution in [-0.4, -0.2) is 33.2 Å². The molecule has 6 nitrogen and oxygen atoms in total. The summed E-state index contributed by atoms with van der Waals surface area (Å²) < 4.78 is 20.9. The summed E-state index contributed by atoms with van der Waals surface area (Å²) in [5.41, 5.74) is 4.02. The summed E-state index contributed by atoms with van der Waals surface area (Å²) in [6.07, 6.45) is 0. The number of benzene rings is 2. The first-order valence-electron chi connectivity index (χ1n) is 9.25. The lowest BCUT2D eigenvalue weighted by Gasteiger charge is -2.20. The normalized spacial score (nSPS) is 11.8. The first-order chi connectivity index (χ1) is 13.2. The molecule has 2 aromatic rings. The average molecular weight is 405 g/mol. The van der Waals surface area contributed by atoms with Gasteiger partial charge in [0.05, 0.1) is 11.3 Å². The number of amides is 1. The van der Waals surface area contributed by atoms with Crippen molar-refractivity contribution in [1.82, 2.24) is 4.90 Å². The molecule has 7 heteroatoms. The standard InChI is InChI=1S/C21H28N2O4S/c1-7-23(8-2)21(25)18-12-17(11-14(4)19(18)24)22-28(26)27-20-15(5)9-13(3)10-16(20)6/h9-12,22,24H,7-8H2,1-6H3. The van der Waals surface area contributed by atoms with Crippen molar-refractivity contribution in [2.45, 2.75) is 41.5 Å². The zero-order chi connectivity index (χ0) is 21.0. The average Bonchev–Trinajstić information content (AvgIpc) is 2.62. The first-order valence-corrected chi connectivity index (χ1v) is 10.3. The van der Waals surface area contributed by atoms with Crippen molar-refractivity contribution in [3.8, 4) is 11.5 Å². The quantitative estimate of drug-likeness (QED) is 0.679. The topological polar surface area (TPSA) is 78.9 Å². The van der Waals surface area contributed by atoms with Gasteiger partial charge in [-0.1, -0.05) is 17.7 Å². The van der Waals surface area contributed by atoms with Crippen molar-refractivity contribution in [1.29, 1.82) is 0 Å². The molecule has 0 fully saturated rings. The van der Waals surface area contributed by atoms with Gasteiger partial charge in [-0.15, -0.1) is 0 Å². The summed E-state index contributed by atoms with van der Waals surface area (Å²) in [5.74, 6) is 0.219. The van der Waals surface area contributed by atoms with E-state index in [2.05, 4.69) is 4.72 Å². The molecule has 0 radical (unpaired) electrons. The van der Waals surface area contributed by atoms with E-state index in [0.717, 1.165) is 16.7 Å². The Morgan fingerprint density at radius 1 is 1.04 bits per heavy atom. The van der Waals surface area contributed by atoms with Gasteiger partial charge in [0.25, 0.3) is 5.91 Å². The van der Waals surface area contributed by atoms with Gasteiger partial charge in [0.1, 0.15) is 11.5 Å². The molecule has 0 aliphatic carbocycles. The highest BCUT2D eigenvalue weighted by Crippen LogP contribution is 2.29. The molecule has 0 saturated carbocycles. The fourth-order valence-corrected chi connectivity index (χ4v) is 3.94. The van der Waals surface area contributed by atoms with Gasteiger partial charge in [-0.25, -0.2) is 0 Å². The fourth-order valence-electron chi connectivity index (χ4n) is 3.17.